The van der Waals surface area contributed by atoms with E-state index in [0.717, 1.165) is 33.6 Å². The molecule has 0 spiro atoms. The highest BCUT2D eigenvalue weighted by Gasteiger charge is 2.17. The van der Waals surface area contributed by atoms with Crippen LogP contribution in [0.4, 0.5) is 0 Å². The average Bonchev–Trinajstić information content (AvgIpc) is 2.69. The molecule has 0 aliphatic carbocycles. The predicted molar refractivity (Wildman–Crippen MR) is 103 cm³/mol. The number of nitrogens with two attached hydrogens (primary N) is 1. The third kappa shape index (κ3) is 3.90. The van der Waals surface area contributed by atoms with Crippen LogP contribution in [0.25, 0.3) is 22.3 Å². The molecule has 0 saturated carbocycles. The molecule has 0 amide bonds. The zero-order chi connectivity index (χ0) is 17.5. The second-order valence-electron chi connectivity index (χ2n) is 5.75. The van der Waals surface area contributed by atoms with Crippen LogP contribution in [0.15, 0.2) is 72.8 Å². The van der Waals surface area contributed by atoms with Crippen LogP contribution in [0.3, 0.4) is 0 Å². The van der Waals surface area contributed by atoms with Crippen molar-refractivity contribution in [3.8, 4) is 28.0 Å². The van der Waals surface area contributed by atoms with Crippen molar-refractivity contribution in [1.29, 1.82) is 0 Å². The molecule has 3 aromatic carbocycles. The molecule has 0 aliphatic rings. The molecule has 0 fully saturated rings. The van der Waals surface area contributed by atoms with Crippen LogP contribution in [0.2, 0.25) is 0 Å². The second kappa shape index (κ2) is 8.47. The number of methoxy groups -OCH3 is 1. The van der Waals surface area contributed by atoms with Gasteiger partial charge in [-0.1, -0.05) is 66.7 Å². The minimum absolute atomic E-state index is 0.516. The van der Waals surface area contributed by atoms with Crippen LogP contribution in [-0.4, -0.2) is 20.3 Å². The van der Waals surface area contributed by atoms with Gasteiger partial charge >= 0.3 is 0 Å². The lowest BCUT2D eigenvalue weighted by Crippen LogP contribution is -2.09. The fraction of sp³-hybridized carbons (Fsp3) is 0.182. The molecule has 3 aromatic rings. The van der Waals surface area contributed by atoms with Crippen LogP contribution >= 0.6 is 0 Å². The van der Waals surface area contributed by atoms with Gasteiger partial charge in [0.05, 0.1) is 20.3 Å². The smallest absolute Gasteiger partial charge is 0.127 e. The summed E-state index contributed by atoms with van der Waals surface area (Å²) < 4.78 is 11.4. The Morgan fingerprint density at radius 1 is 0.760 bits per heavy atom. The maximum atomic E-state index is 5.73. The quantitative estimate of drug-likeness (QED) is 0.647. The van der Waals surface area contributed by atoms with Gasteiger partial charge in [0.2, 0.25) is 0 Å². The van der Waals surface area contributed by atoms with E-state index in [2.05, 4.69) is 30.3 Å². The van der Waals surface area contributed by atoms with Crippen LogP contribution in [0.5, 0.6) is 5.75 Å². The van der Waals surface area contributed by atoms with Gasteiger partial charge in [0.15, 0.2) is 0 Å². The van der Waals surface area contributed by atoms with Gasteiger partial charge in [0.25, 0.3) is 0 Å². The van der Waals surface area contributed by atoms with Crippen molar-refractivity contribution in [3.05, 3.63) is 78.4 Å². The van der Waals surface area contributed by atoms with Gasteiger partial charge < -0.3 is 15.2 Å². The second-order valence-corrected chi connectivity index (χ2v) is 5.75. The van der Waals surface area contributed by atoms with Crippen molar-refractivity contribution in [2.75, 3.05) is 20.3 Å². The van der Waals surface area contributed by atoms with E-state index < -0.39 is 0 Å². The Bertz CT molecular complexity index is 801. The fourth-order valence-electron chi connectivity index (χ4n) is 3.01. The zero-order valence-corrected chi connectivity index (χ0v) is 14.4. The molecule has 0 unspecified atom stereocenters. The summed E-state index contributed by atoms with van der Waals surface area (Å²) in [6, 6.07) is 24.8. The van der Waals surface area contributed by atoms with E-state index in [0.29, 0.717) is 19.8 Å². The Morgan fingerprint density at radius 3 is 1.92 bits per heavy atom. The molecule has 3 heteroatoms. The van der Waals surface area contributed by atoms with Gasteiger partial charge in [-0.25, -0.2) is 0 Å². The summed E-state index contributed by atoms with van der Waals surface area (Å²) >= 11 is 0. The predicted octanol–water partition coefficient (Wildman–Crippen LogP) is 4.50. The van der Waals surface area contributed by atoms with Gasteiger partial charge in [-0.2, -0.15) is 0 Å². The highest BCUT2D eigenvalue weighted by atomic mass is 16.5. The van der Waals surface area contributed by atoms with E-state index in [1.165, 1.54) is 0 Å². The first-order valence-electron chi connectivity index (χ1n) is 8.43. The number of hydrogen-bond donors (Lipinski definition) is 1. The molecule has 0 radical (unpaired) electrons. The van der Waals surface area contributed by atoms with Gasteiger partial charge in [0, 0.05) is 12.1 Å². The van der Waals surface area contributed by atoms with Crippen molar-refractivity contribution >= 4 is 0 Å². The Labute approximate surface area is 149 Å². The number of hydrogen-bond acceptors (Lipinski definition) is 3. The maximum Gasteiger partial charge on any atom is 0.127 e. The molecule has 3 nitrogen and oxygen atoms in total. The lowest BCUT2D eigenvalue weighted by Gasteiger charge is -2.19. The van der Waals surface area contributed by atoms with E-state index >= 15 is 0 Å². The van der Waals surface area contributed by atoms with Crippen LogP contribution in [0, 0.1) is 0 Å². The summed E-state index contributed by atoms with van der Waals surface area (Å²) in [4.78, 5) is 0. The van der Waals surface area contributed by atoms with Crippen molar-refractivity contribution in [3.63, 3.8) is 0 Å². The fourth-order valence-corrected chi connectivity index (χ4v) is 3.01. The minimum atomic E-state index is 0.516. The molecule has 25 heavy (non-hydrogen) atoms. The summed E-state index contributed by atoms with van der Waals surface area (Å²) in [5, 5.41) is 0. The van der Waals surface area contributed by atoms with Crippen molar-refractivity contribution in [2.45, 2.75) is 6.61 Å². The first kappa shape index (κ1) is 17.2. The largest absolute Gasteiger partial charge is 0.496 e. The van der Waals surface area contributed by atoms with E-state index in [9.17, 15) is 0 Å². The third-order valence-electron chi connectivity index (χ3n) is 4.12. The monoisotopic (exact) mass is 333 g/mol. The lowest BCUT2D eigenvalue weighted by atomic mass is 9.90. The SMILES string of the molecule is COc1ccc(COCCN)c(-c2ccccc2)c1-c1ccccc1. The Hall–Kier alpha value is -2.62. The maximum absolute atomic E-state index is 5.73. The topological polar surface area (TPSA) is 44.5 Å². The molecule has 2 N–H and O–H groups in total. The molecule has 0 bridgehead atoms. The first-order valence-corrected chi connectivity index (χ1v) is 8.43. The van der Waals surface area contributed by atoms with Crippen molar-refractivity contribution < 1.29 is 9.47 Å². The molecule has 0 atom stereocenters. The Kier molecular flexibility index (Phi) is 5.83. The lowest BCUT2D eigenvalue weighted by molar-refractivity contribution is 0.128. The summed E-state index contributed by atoms with van der Waals surface area (Å²) in [6.07, 6.45) is 0. The number of benzene rings is 3. The Balaban J connectivity index is 2.21. The van der Waals surface area contributed by atoms with E-state index in [1.54, 1.807) is 7.11 Å². The van der Waals surface area contributed by atoms with Crippen molar-refractivity contribution in [1.82, 2.24) is 0 Å². The molecule has 128 valence electrons. The number of ether oxygens (including phenoxy) is 2. The summed E-state index contributed by atoms with van der Waals surface area (Å²) in [5.41, 5.74) is 11.2. The van der Waals surface area contributed by atoms with Crippen LogP contribution in [-0.2, 0) is 11.3 Å². The number of rotatable bonds is 7. The van der Waals surface area contributed by atoms with Crippen molar-refractivity contribution in [2.24, 2.45) is 5.73 Å². The highest BCUT2D eigenvalue weighted by Crippen LogP contribution is 2.41. The summed E-state index contributed by atoms with van der Waals surface area (Å²) in [6.45, 7) is 1.58. The molecule has 0 aromatic heterocycles. The van der Waals surface area contributed by atoms with Crippen LogP contribution < -0.4 is 10.5 Å². The molecular formula is C22H23NO2. The molecular weight excluding hydrogens is 310 g/mol. The van der Waals surface area contributed by atoms with E-state index in [4.69, 9.17) is 15.2 Å². The van der Waals surface area contributed by atoms with E-state index in [-0.39, 0.29) is 0 Å². The van der Waals surface area contributed by atoms with E-state index in [1.807, 2.05) is 42.5 Å². The first-order chi connectivity index (χ1) is 12.3. The average molecular weight is 333 g/mol. The minimum Gasteiger partial charge on any atom is -0.496 e. The Morgan fingerprint density at radius 2 is 1.36 bits per heavy atom. The van der Waals surface area contributed by atoms with Gasteiger partial charge in [0.1, 0.15) is 5.75 Å². The van der Waals surface area contributed by atoms with Crippen LogP contribution in [0.1, 0.15) is 5.56 Å². The summed E-state index contributed by atoms with van der Waals surface area (Å²) in [5.74, 6) is 0.854. The standard InChI is InChI=1S/C22H23NO2/c1-24-20-13-12-19(16-25-15-14-23)21(17-8-4-2-5-9-17)22(20)18-10-6-3-7-11-18/h2-13H,14-16,23H2,1H3. The highest BCUT2D eigenvalue weighted by molar-refractivity contribution is 5.89. The molecule has 0 heterocycles. The molecule has 0 saturated heterocycles. The summed E-state index contributed by atoms with van der Waals surface area (Å²) in [7, 11) is 1.71. The molecule has 3 rings (SSSR count). The molecule has 0 aliphatic heterocycles. The van der Waals surface area contributed by atoms with Gasteiger partial charge in [-0.15, -0.1) is 0 Å². The third-order valence-corrected chi connectivity index (χ3v) is 4.12. The van der Waals surface area contributed by atoms with Gasteiger partial charge in [-0.3, -0.25) is 0 Å². The normalized spacial score (nSPS) is 10.6. The van der Waals surface area contributed by atoms with Gasteiger partial charge in [-0.05, 0) is 28.3 Å². The zero-order valence-electron chi connectivity index (χ0n) is 14.4.